The monoisotopic (exact) mass is 329 g/mol. The molecule has 122 valence electrons. The summed E-state index contributed by atoms with van der Waals surface area (Å²) in [6.07, 6.45) is 4.27. The fraction of sp³-hybridized carbons (Fsp3) is 0.615. The molecule has 0 bridgehead atoms. The number of anilines is 1. The molecule has 1 aromatic rings. The Morgan fingerprint density at radius 1 is 1.41 bits per heavy atom. The SMILES string of the molecule is CC(C)(C(=O)O)n1cc(NC(=O)C2CCCCS2(=O)=O)cn1. The molecule has 0 spiro atoms. The van der Waals surface area contributed by atoms with Crippen molar-refractivity contribution in [2.75, 3.05) is 11.1 Å². The van der Waals surface area contributed by atoms with Crippen molar-refractivity contribution in [3.05, 3.63) is 12.4 Å². The molecule has 1 unspecified atom stereocenters. The van der Waals surface area contributed by atoms with Crippen LogP contribution in [0.25, 0.3) is 0 Å². The van der Waals surface area contributed by atoms with E-state index in [0.717, 1.165) is 0 Å². The van der Waals surface area contributed by atoms with Gasteiger partial charge in [-0.3, -0.25) is 9.48 Å². The van der Waals surface area contributed by atoms with Crippen LogP contribution in [0.5, 0.6) is 0 Å². The Kier molecular flexibility index (Phi) is 4.28. The molecule has 22 heavy (non-hydrogen) atoms. The molecule has 1 atom stereocenters. The summed E-state index contributed by atoms with van der Waals surface area (Å²) in [6.45, 7) is 2.94. The average Bonchev–Trinajstić information content (AvgIpc) is 2.86. The summed E-state index contributed by atoms with van der Waals surface area (Å²) in [7, 11) is -3.41. The highest BCUT2D eigenvalue weighted by molar-refractivity contribution is 7.92. The number of nitrogens with one attached hydrogen (secondary N) is 1. The normalized spacial score (nSPS) is 21.3. The highest BCUT2D eigenvalue weighted by Gasteiger charge is 2.35. The van der Waals surface area contributed by atoms with E-state index in [9.17, 15) is 18.0 Å². The largest absolute Gasteiger partial charge is 0.479 e. The maximum atomic E-state index is 12.1. The summed E-state index contributed by atoms with van der Waals surface area (Å²) in [6, 6.07) is 0. The number of amides is 1. The number of carboxylic acid groups (broad SMARTS) is 1. The molecule has 9 heteroatoms. The zero-order chi connectivity index (χ0) is 16.5. The van der Waals surface area contributed by atoms with Gasteiger partial charge in [0.1, 0.15) is 5.25 Å². The maximum absolute atomic E-state index is 12.1. The lowest BCUT2D eigenvalue weighted by Gasteiger charge is -2.21. The first-order chi connectivity index (χ1) is 10.1. The Bertz CT molecular complexity index is 692. The second-order valence-corrected chi connectivity index (χ2v) is 8.18. The molecule has 2 rings (SSSR count). The second-order valence-electron chi connectivity index (χ2n) is 5.88. The quantitative estimate of drug-likeness (QED) is 0.835. The van der Waals surface area contributed by atoms with Crippen molar-refractivity contribution in [2.45, 2.75) is 43.9 Å². The minimum atomic E-state index is -3.41. The first kappa shape index (κ1) is 16.5. The fourth-order valence-electron chi connectivity index (χ4n) is 2.26. The molecule has 0 aliphatic carbocycles. The summed E-state index contributed by atoms with van der Waals surface area (Å²) in [5.41, 5.74) is -0.986. The van der Waals surface area contributed by atoms with Crippen molar-refractivity contribution in [2.24, 2.45) is 0 Å². The van der Waals surface area contributed by atoms with E-state index in [2.05, 4.69) is 10.4 Å². The fourth-order valence-corrected chi connectivity index (χ4v) is 4.06. The highest BCUT2D eigenvalue weighted by atomic mass is 32.2. The molecule has 2 heterocycles. The summed E-state index contributed by atoms with van der Waals surface area (Å²) in [5, 5.41) is 14.5. The van der Waals surface area contributed by atoms with Gasteiger partial charge in [0.2, 0.25) is 5.91 Å². The van der Waals surface area contributed by atoms with E-state index in [1.54, 1.807) is 0 Å². The van der Waals surface area contributed by atoms with Gasteiger partial charge in [-0.15, -0.1) is 0 Å². The predicted molar refractivity (Wildman–Crippen MR) is 79.2 cm³/mol. The van der Waals surface area contributed by atoms with Crippen LogP contribution in [-0.2, 0) is 25.0 Å². The molecule has 1 amide bonds. The molecule has 1 saturated heterocycles. The Balaban J connectivity index is 2.13. The lowest BCUT2D eigenvalue weighted by atomic mass is 10.1. The highest BCUT2D eigenvalue weighted by Crippen LogP contribution is 2.22. The molecule has 8 nitrogen and oxygen atoms in total. The van der Waals surface area contributed by atoms with Crippen LogP contribution >= 0.6 is 0 Å². The molecule has 0 radical (unpaired) electrons. The smallest absolute Gasteiger partial charge is 0.331 e. The van der Waals surface area contributed by atoms with E-state index in [0.29, 0.717) is 19.3 Å². The van der Waals surface area contributed by atoms with Crippen LogP contribution in [0.4, 0.5) is 5.69 Å². The van der Waals surface area contributed by atoms with Gasteiger partial charge < -0.3 is 10.4 Å². The zero-order valence-electron chi connectivity index (χ0n) is 12.4. The third-order valence-electron chi connectivity index (χ3n) is 3.82. The number of carbonyl (C=O) groups is 2. The van der Waals surface area contributed by atoms with E-state index in [-0.39, 0.29) is 11.4 Å². The number of hydrogen-bond donors (Lipinski definition) is 2. The van der Waals surface area contributed by atoms with Crippen LogP contribution in [0.3, 0.4) is 0 Å². The van der Waals surface area contributed by atoms with Gasteiger partial charge in [-0.05, 0) is 26.7 Å². The van der Waals surface area contributed by atoms with Gasteiger partial charge >= 0.3 is 5.97 Å². The lowest BCUT2D eigenvalue weighted by Crippen LogP contribution is -2.39. The Morgan fingerprint density at radius 2 is 2.09 bits per heavy atom. The molecular weight excluding hydrogens is 310 g/mol. The molecule has 0 aromatic carbocycles. The van der Waals surface area contributed by atoms with E-state index in [4.69, 9.17) is 5.11 Å². The van der Waals surface area contributed by atoms with Gasteiger partial charge in [0.25, 0.3) is 0 Å². The number of rotatable bonds is 4. The van der Waals surface area contributed by atoms with Gasteiger partial charge in [-0.1, -0.05) is 6.42 Å². The number of aliphatic carboxylic acids is 1. The van der Waals surface area contributed by atoms with E-state index in [1.165, 1.54) is 30.9 Å². The third-order valence-corrected chi connectivity index (χ3v) is 5.99. The van der Waals surface area contributed by atoms with E-state index in [1.807, 2.05) is 0 Å². The van der Waals surface area contributed by atoms with Gasteiger partial charge in [0.05, 0.1) is 17.6 Å². The number of nitrogens with zero attached hydrogens (tertiary/aromatic N) is 2. The molecule has 1 fully saturated rings. The summed E-state index contributed by atoms with van der Waals surface area (Å²) in [4.78, 5) is 23.3. The number of aromatic nitrogens is 2. The van der Waals surface area contributed by atoms with E-state index < -0.39 is 32.5 Å². The van der Waals surface area contributed by atoms with Crippen LogP contribution in [0.2, 0.25) is 0 Å². The molecule has 1 aromatic heterocycles. The number of carbonyl (C=O) groups excluding carboxylic acids is 1. The van der Waals surface area contributed by atoms with Gasteiger partial charge in [0.15, 0.2) is 15.4 Å². The standard InChI is InChI=1S/C13H19N3O5S/c1-13(2,12(18)19)16-8-9(7-14-16)15-11(17)10-5-3-4-6-22(10,20)21/h7-8,10H,3-6H2,1-2H3,(H,15,17)(H,18,19). The van der Waals surface area contributed by atoms with Crippen LogP contribution < -0.4 is 5.32 Å². The minimum absolute atomic E-state index is 0.0242. The number of sulfone groups is 1. The molecule has 0 saturated carbocycles. The van der Waals surface area contributed by atoms with Crippen LogP contribution in [0.15, 0.2) is 12.4 Å². The Labute approximate surface area is 128 Å². The van der Waals surface area contributed by atoms with Crippen molar-refractivity contribution in [1.82, 2.24) is 9.78 Å². The third kappa shape index (κ3) is 3.13. The first-order valence-corrected chi connectivity index (χ1v) is 8.67. The van der Waals surface area contributed by atoms with Crippen molar-refractivity contribution in [1.29, 1.82) is 0 Å². The number of hydrogen-bond acceptors (Lipinski definition) is 5. The van der Waals surface area contributed by atoms with E-state index >= 15 is 0 Å². The van der Waals surface area contributed by atoms with Gasteiger partial charge in [-0.25, -0.2) is 13.2 Å². The van der Waals surface area contributed by atoms with Crippen molar-refractivity contribution < 1.29 is 23.1 Å². The molecular formula is C13H19N3O5S. The average molecular weight is 329 g/mol. The van der Waals surface area contributed by atoms with Crippen LogP contribution in [-0.4, -0.2) is 46.2 Å². The van der Waals surface area contributed by atoms with Gasteiger partial charge in [0, 0.05) is 6.20 Å². The molecule has 1 aliphatic heterocycles. The lowest BCUT2D eigenvalue weighted by molar-refractivity contribution is -0.146. The minimum Gasteiger partial charge on any atom is -0.479 e. The Morgan fingerprint density at radius 3 is 2.68 bits per heavy atom. The van der Waals surface area contributed by atoms with Crippen molar-refractivity contribution in [3.8, 4) is 0 Å². The van der Waals surface area contributed by atoms with Crippen molar-refractivity contribution >= 4 is 27.4 Å². The summed E-state index contributed by atoms with van der Waals surface area (Å²) < 4.78 is 25.0. The second kappa shape index (κ2) is 5.71. The zero-order valence-corrected chi connectivity index (χ0v) is 13.3. The van der Waals surface area contributed by atoms with Crippen LogP contribution in [0.1, 0.15) is 33.1 Å². The van der Waals surface area contributed by atoms with Crippen LogP contribution in [0, 0.1) is 0 Å². The predicted octanol–water partition coefficient (Wildman–Crippen LogP) is 0.609. The molecule has 2 N–H and O–H groups in total. The molecule has 1 aliphatic rings. The topological polar surface area (TPSA) is 118 Å². The maximum Gasteiger partial charge on any atom is 0.331 e. The Hall–Kier alpha value is -1.90. The first-order valence-electron chi connectivity index (χ1n) is 6.95. The number of carboxylic acids is 1. The van der Waals surface area contributed by atoms with Crippen molar-refractivity contribution in [3.63, 3.8) is 0 Å². The summed E-state index contributed by atoms with van der Waals surface area (Å²) in [5.74, 6) is -1.63. The van der Waals surface area contributed by atoms with Gasteiger partial charge in [-0.2, -0.15) is 5.10 Å². The summed E-state index contributed by atoms with van der Waals surface area (Å²) >= 11 is 0.